The minimum atomic E-state index is -3.90. The van der Waals surface area contributed by atoms with Crippen LogP contribution in [0.3, 0.4) is 0 Å². The molecule has 0 saturated carbocycles. The second-order valence-electron chi connectivity index (χ2n) is 4.75. The van der Waals surface area contributed by atoms with Gasteiger partial charge < -0.3 is 0 Å². The Balaban J connectivity index is 2.56. The van der Waals surface area contributed by atoms with Gasteiger partial charge in [-0.25, -0.2) is 27.6 Å². The van der Waals surface area contributed by atoms with Gasteiger partial charge in [0.15, 0.2) is 5.82 Å². The lowest BCUT2D eigenvalue weighted by Gasteiger charge is -2.07. The van der Waals surface area contributed by atoms with E-state index in [-0.39, 0.29) is 10.5 Å². The summed E-state index contributed by atoms with van der Waals surface area (Å²) in [6.45, 7) is 4.32. The molecule has 21 heavy (non-hydrogen) atoms. The van der Waals surface area contributed by atoms with Gasteiger partial charge in [-0.2, -0.15) is 5.10 Å². The molecule has 0 aliphatic carbocycles. The van der Waals surface area contributed by atoms with Crippen molar-refractivity contribution in [3.05, 3.63) is 29.8 Å². The summed E-state index contributed by atoms with van der Waals surface area (Å²) in [5, 5.41) is 9.30. The number of primary sulfonamides is 1. The van der Waals surface area contributed by atoms with Crippen molar-refractivity contribution in [1.82, 2.24) is 14.8 Å². The van der Waals surface area contributed by atoms with Crippen molar-refractivity contribution in [2.45, 2.75) is 38.1 Å². The predicted octanol–water partition coefficient (Wildman–Crippen LogP) is 1.84. The van der Waals surface area contributed by atoms with Gasteiger partial charge in [0.25, 0.3) is 0 Å². The average molecular weight is 312 g/mol. The first kappa shape index (κ1) is 15.6. The molecule has 2 N–H and O–H groups in total. The van der Waals surface area contributed by atoms with Gasteiger partial charge in [-0.15, -0.1) is 0 Å². The van der Waals surface area contributed by atoms with E-state index < -0.39 is 15.8 Å². The zero-order chi connectivity index (χ0) is 15.6. The van der Waals surface area contributed by atoms with Crippen LogP contribution in [0, 0.1) is 12.7 Å². The van der Waals surface area contributed by atoms with Crippen LogP contribution < -0.4 is 5.14 Å². The van der Waals surface area contributed by atoms with Crippen molar-refractivity contribution in [1.29, 1.82) is 0 Å². The van der Waals surface area contributed by atoms with Crippen LogP contribution in [0.4, 0.5) is 4.39 Å². The number of halogens is 1. The highest BCUT2D eigenvalue weighted by atomic mass is 32.2. The number of nitrogens with zero attached hydrogens (tertiary/aromatic N) is 3. The standard InChI is InChI=1S/C13H17FN4O2S/c1-3-4-7-18-13(16-9(2)17-18)11-8-10(21(15,19)20)5-6-12(11)14/h5-6,8H,3-4,7H2,1-2H3,(H2,15,19,20). The molecule has 0 radical (unpaired) electrons. The van der Waals surface area contributed by atoms with E-state index in [1.807, 2.05) is 6.92 Å². The maximum atomic E-state index is 14.0. The number of hydrogen-bond donors (Lipinski definition) is 1. The maximum Gasteiger partial charge on any atom is 0.238 e. The second kappa shape index (κ2) is 5.90. The molecule has 0 aliphatic rings. The van der Waals surface area contributed by atoms with Crippen molar-refractivity contribution in [2.75, 3.05) is 0 Å². The number of aromatic nitrogens is 3. The lowest BCUT2D eigenvalue weighted by molar-refractivity contribution is 0.568. The van der Waals surface area contributed by atoms with Gasteiger partial charge in [0.05, 0.1) is 10.5 Å². The number of benzene rings is 1. The first-order valence-corrected chi connectivity index (χ1v) is 8.11. The second-order valence-corrected chi connectivity index (χ2v) is 6.31. The Labute approximate surface area is 122 Å². The minimum absolute atomic E-state index is 0.0817. The molecule has 1 heterocycles. The number of aryl methyl sites for hydroxylation is 2. The molecule has 1 aromatic heterocycles. The monoisotopic (exact) mass is 312 g/mol. The molecule has 0 spiro atoms. The molecular formula is C13H17FN4O2S. The molecular weight excluding hydrogens is 295 g/mol. The molecule has 114 valence electrons. The van der Waals surface area contributed by atoms with Crippen LogP contribution in [0.1, 0.15) is 25.6 Å². The van der Waals surface area contributed by atoms with E-state index in [0.29, 0.717) is 18.2 Å². The quantitative estimate of drug-likeness (QED) is 0.912. The third kappa shape index (κ3) is 3.45. The van der Waals surface area contributed by atoms with Crippen LogP contribution in [0.25, 0.3) is 11.4 Å². The van der Waals surface area contributed by atoms with E-state index in [1.165, 1.54) is 6.07 Å². The Morgan fingerprint density at radius 3 is 2.71 bits per heavy atom. The zero-order valence-corrected chi connectivity index (χ0v) is 12.7. The van der Waals surface area contributed by atoms with Gasteiger partial charge in [0.1, 0.15) is 11.6 Å². The Morgan fingerprint density at radius 2 is 2.10 bits per heavy atom. The molecule has 0 amide bonds. The van der Waals surface area contributed by atoms with Crippen LogP contribution in [0.15, 0.2) is 23.1 Å². The first-order chi connectivity index (χ1) is 9.82. The molecule has 6 nitrogen and oxygen atoms in total. The summed E-state index contributed by atoms with van der Waals surface area (Å²) >= 11 is 0. The van der Waals surface area contributed by atoms with Crippen molar-refractivity contribution in [2.24, 2.45) is 5.14 Å². The molecule has 2 aromatic rings. The Bertz CT molecular complexity index is 756. The van der Waals surface area contributed by atoms with Gasteiger partial charge >= 0.3 is 0 Å². The van der Waals surface area contributed by atoms with E-state index in [2.05, 4.69) is 10.1 Å². The van der Waals surface area contributed by atoms with Crippen molar-refractivity contribution >= 4 is 10.0 Å². The molecule has 0 aliphatic heterocycles. The summed E-state index contributed by atoms with van der Waals surface area (Å²) in [6, 6.07) is 3.40. The number of unbranched alkanes of at least 4 members (excludes halogenated alkanes) is 1. The van der Waals surface area contributed by atoms with Crippen molar-refractivity contribution in [3.8, 4) is 11.4 Å². The summed E-state index contributed by atoms with van der Waals surface area (Å²) in [5.74, 6) is 0.248. The molecule has 0 atom stereocenters. The third-order valence-electron chi connectivity index (χ3n) is 3.01. The van der Waals surface area contributed by atoms with E-state index in [1.54, 1.807) is 11.6 Å². The fourth-order valence-electron chi connectivity index (χ4n) is 1.97. The summed E-state index contributed by atoms with van der Waals surface area (Å²) in [6.07, 6.45) is 1.82. The fourth-order valence-corrected chi connectivity index (χ4v) is 2.51. The highest BCUT2D eigenvalue weighted by Gasteiger charge is 2.17. The summed E-state index contributed by atoms with van der Waals surface area (Å²) in [7, 11) is -3.90. The number of hydrogen-bond acceptors (Lipinski definition) is 4. The Kier molecular flexibility index (Phi) is 4.38. The van der Waals surface area contributed by atoms with E-state index in [0.717, 1.165) is 25.0 Å². The Morgan fingerprint density at radius 1 is 1.38 bits per heavy atom. The lowest BCUT2D eigenvalue weighted by atomic mass is 10.2. The summed E-state index contributed by atoms with van der Waals surface area (Å²) in [4.78, 5) is 4.04. The van der Waals surface area contributed by atoms with Crippen LogP contribution >= 0.6 is 0 Å². The number of rotatable bonds is 5. The van der Waals surface area contributed by atoms with Crippen LogP contribution in [-0.2, 0) is 16.6 Å². The SMILES string of the molecule is CCCCn1nc(C)nc1-c1cc(S(N)(=O)=O)ccc1F. The highest BCUT2D eigenvalue weighted by Crippen LogP contribution is 2.24. The molecule has 8 heteroatoms. The predicted molar refractivity (Wildman–Crippen MR) is 76.4 cm³/mol. The fraction of sp³-hybridized carbons (Fsp3) is 0.385. The highest BCUT2D eigenvalue weighted by molar-refractivity contribution is 7.89. The number of sulfonamides is 1. The summed E-state index contributed by atoms with van der Waals surface area (Å²) in [5.41, 5.74) is 0.0817. The van der Waals surface area contributed by atoms with Crippen molar-refractivity contribution in [3.63, 3.8) is 0 Å². The lowest BCUT2D eigenvalue weighted by Crippen LogP contribution is -2.13. The minimum Gasteiger partial charge on any atom is -0.245 e. The van der Waals surface area contributed by atoms with Gasteiger partial charge in [-0.3, -0.25) is 0 Å². The van der Waals surface area contributed by atoms with Gasteiger partial charge in [0, 0.05) is 6.54 Å². The molecule has 2 rings (SSSR count). The van der Waals surface area contributed by atoms with Gasteiger partial charge in [-0.1, -0.05) is 13.3 Å². The van der Waals surface area contributed by atoms with Crippen molar-refractivity contribution < 1.29 is 12.8 Å². The number of nitrogens with two attached hydrogens (primary N) is 1. The molecule has 0 bridgehead atoms. The van der Waals surface area contributed by atoms with Gasteiger partial charge in [-0.05, 0) is 31.5 Å². The van der Waals surface area contributed by atoms with E-state index >= 15 is 0 Å². The zero-order valence-electron chi connectivity index (χ0n) is 11.9. The van der Waals surface area contributed by atoms with Crippen LogP contribution in [-0.4, -0.2) is 23.2 Å². The first-order valence-electron chi connectivity index (χ1n) is 6.57. The normalized spacial score (nSPS) is 11.8. The molecule has 0 saturated heterocycles. The average Bonchev–Trinajstić information content (AvgIpc) is 2.76. The molecule has 0 unspecified atom stereocenters. The van der Waals surface area contributed by atoms with E-state index in [4.69, 9.17) is 5.14 Å². The van der Waals surface area contributed by atoms with Crippen LogP contribution in [0.5, 0.6) is 0 Å². The van der Waals surface area contributed by atoms with Crippen LogP contribution in [0.2, 0.25) is 0 Å². The smallest absolute Gasteiger partial charge is 0.238 e. The topological polar surface area (TPSA) is 90.9 Å². The molecule has 1 aromatic carbocycles. The van der Waals surface area contributed by atoms with E-state index in [9.17, 15) is 12.8 Å². The third-order valence-corrected chi connectivity index (χ3v) is 3.92. The van der Waals surface area contributed by atoms with Gasteiger partial charge in [0.2, 0.25) is 10.0 Å². The Hall–Kier alpha value is -1.80. The molecule has 0 fully saturated rings. The largest absolute Gasteiger partial charge is 0.245 e. The maximum absolute atomic E-state index is 14.0. The summed E-state index contributed by atoms with van der Waals surface area (Å²) < 4.78 is 38.4.